The van der Waals surface area contributed by atoms with Crippen LogP contribution in [-0.4, -0.2) is 14.8 Å². The Hall–Kier alpha value is -1.50. The van der Waals surface area contributed by atoms with Gasteiger partial charge in [-0.2, -0.15) is 0 Å². The van der Waals surface area contributed by atoms with Crippen LogP contribution in [0.4, 0.5) is 0 Å². The van der Waals surface area contributed by atoms with Crippen LogP contribution in [0, 0.1) is 0 Å². The average molecular weight is 476 g/mol. The minimum absolute atomic E-state index is 0.0118. The van der Waals surface area contributed by atoms with Crippen LogP contribution in [0.5, 0.6) is 0 Å². The van der Waals surface area contributed by atoms with E-state index in [4.69, 9.17) is 68.1 Å². The van der Waals surface area contributed by atoms with Crippen molar-refractivity contribution in [1.82, 2.24) is 9.55 Å². The molecular weight excluding hydrogens is 462 g/mol. The second-order valence-electron chi connectivity index (χ2n) is 5.82. The van der Waals surface area contributed by atoms with E-state index in [2.05, 4.69) is 4.98 Å². The van der Waals surface area contributed by atoms with Crippen LogP contribution < -0.4 is 0 Å². The fraction of sp³-hybridized carbons (Fsp3) is 0.158. The summed E-state index contributed by atoms with van der Waals surface area (Å²) in [6, 6.07) is 10.4. The van der Waals surface area contributed by atoms with Gasteiger partial charge in [-0.25, -0.2) is 4.98 Å². The fourth-order valence-corrected chi connectivity index (χ4v) is 3.50. The maximum absolute atomic E-state index is 6.35. The van der Waals surface area contributed by atoms with Crippen molar-refractivity contribution in [3.8, 4) is 0 Å². The number of aromatic nitrogens is 2. The Balaban J connectivity index is 1.71. The molecule has 1 unspecified atom stereocenters. The molecule has 1 heterocycles. The molecule has 4 nitrogen and oxygen atoms in total. The van der Waals surface area contributed by atoms with E-state index < -0.39 is 6.10 Å². The first-order valence-electron chi connectivity index (χ1n) is 8.10. The van der Waals surface area contributed by atoms with Gasteiger partial charge < -0.3 is 14.0 Å². The highest BCUT2D eigenvalue weighted by molar-refractivity contribution is 7.79. The Morgan fingerprint density at radius 2 is 1.86 bits per heavy atom. The summed E-state index contributed by atoms with van der Waals surface area (Å²) in [7, 11) is 0. The number of nitrogens with zero attached hydrogens (tertiary/aromatic N) is 2. The van der Waals surface area contributed by atoms with Crippen LogP contribution in [0.25, 0.3) is 0 Å². The zero-order valence-electron chi connectivity index (χ0n) is 14.3. The molecule has 2 aromatic carbocycles. The van der Waals surface area contributed by atoms with Gasteiger partial charge in [-0.15, -0.1) is 0 Å². The molecule has 1 atom stereocenters. The first-order valence-corrected chi connectivity index (χ1v) is 10.0. The third-order valence-electron chi connectivity index (χ3n) is 3.82. The van der Waals surface area contributed by atoms with Gasteiger partial charge in [0.2, 0.25) is 0 Å². The molecule has 0 aliphatic rings. The first kappa shape index (κ1) is 21.2. The highest BCUT2D eigenvalue weighted by atomic mass is 35.5. The Morgan fingerprint density at radius 3 is 2.54 bits per heavy atom. The van der Waals surface area contributed by atoms with Crippen molar-refractivity contribution < 1.29 is 9.47 Å². The lowest BCUT2D eigenvalue weighted by molar-refractivity contribution is 0.101. The van der Waals surface area contributed by atoms with Crippen molar-refractivity contribution in [2.24, 2.45) is 0 Å². The molecule has 9 heteroatoms. The van der Waals surface area contributed by atoms with Crippen molar-refractivity contribution in [2.45, 2.75) is 19.3 Å². The molecule has 0 N–H and O–H groups in total. The van der Waals surface area contributed by atoms with E-state index in [1.165, 1.54) is 0 Å². The SMILES string of the molecule is S=C(OCc1ccc(Cl)c(Cl)c1)OC(Cn1ccnc1)c1ccc(Cl)cc1Cl. The summed E-state index contributed by atoms with van der Waals surface area (Å²) in [5.74, 6) is 0. The number of thiocarbonyl (C=S) groups is 1. The molecule has 0 amide bonds. The number of hydrogen-bond acceptors (Lipinski definition) is 4. The van der Waals surface area contributed by atoms with E-state index in [0.29, 0.717) is 26.6 Å². The number of hydrogen-bond donors (Lipinski definition) is 0. The number of benzene rings is 2. The Kier molecular flexibility index (Phi) is 7.43. The van der Waals surface area contributed by atoms with E-state index in [-0.39, 0.29) is 11.8 Å². The Morgan fingerprint density at radius 1 is 1.04 bits per heavy atom. The lowest BCUT2D eigenvalue weighted by atomic mass is 10.1. The number of halogens is 4. The van der Waals surface area contributed by atoms with E-state index in [9.17, 15) is 0 Å². The molecule has 0 spiro atoms. The topological polar surface area (TPSA) is 36.3 Å². The van der Waals surface area contributed by atoms with Crippen molar-refractivity contribution in [3.05, 3.63) is 86.3 Å². The zero-order chi connectivity index (χ0) is 20.1. The summed E-state index contributed by atoms with van der Waals surface area (Å²) in [4.78, 5) is 4.04. The monoisotopic (exact) mass is 474 g/mol. The van der Waals surface area contributed by atoms with Crippen molar-refractivity contribution in [3.63, 3.8) is 0 Å². The van der Waals surface area contributed by atoms with Gasteiger partial charge in [0.1, 0.15) is 12.7 Å². The molecule has 0 aliphatic heterocycles. The standard InChI is InChI=1S/C19H14Cl4N2O2S/c20-13-2-3-14(16(22)8-13)18(9-25-6-5-24-11-25)27-19(28)26-10-12-1-4-15(21)17(23)7-12/h1-8,11,18H,9-10H2. The van der Waals surface area contributed by atoms with E-state index in [0.717, 1.165) is 11.1 Å². The molecule has 0 aliphatic carbocycles. The van der Waals surface area contributed by atoms with E-state index >= 15 is 0 Å². The summed E-state index contributed by atoms with van der Waals surface area (Å²) in [5.41, 5.74) is 1.55. The fourth-order valence-electron chi connectivity index (χ4n) is 2.47. The summed E-state index contributed by atoms with van der Waals surface area (Å²) >= 11 is 29.5. The molecule has 0 bridgehead atoms. The molecule has 28 heavy (non-hydrogen) atoms. The largest absolute Gasteiger partial charge is 0.452 e. The normalized spacial score (nSPS) is 11.9. The van der Waals surface area contributed by atoms with Gasteiger partial charge in [-0.05, 0) is 29.8 Å². The summed E-state index contributed by atoms with van der Waals surface area (Å²) in [6.45, 7) is 0.638. The van der Waals surface area contributed by atoms with Gasteiger partial charge >= 0.3 is 5.24 Å². The average Bonchev–Trinajstić information content (AvgIpc) is 3.15. The third kappa shape index (κ3) is 5.75. The molecule has 1 aromatic heterocycles. The predicted molar refractivity (Wildman–Crippen MR) is 116 cm³/mol. The quantitative estimate of drug-likeness (QED) is 0.369. The Labute approximate surface area is 187 Å². The van der Waals surface area contributed by atoms with Crippen LogP contribution in [0.1, 0.15) is 17.2 Å². The molecule has 0 saturated heterocycles. The molecule has 0 saturated carbocycles. The molecule has 0 fully saturated rings. The lowest BCUT2D eigenvalue weighted by Crippen LogP contribution is -2.17. The predicted octanol–water partition coefficient (Wildman–Crippen LogP) is 6.76. The molecule has 146 valence electrons. The van der Waals surface area contributed by atoms with Gasteiger partial charge in [0.15, 0.2) is 0 Å². The number of ether oxygens (including phenoxy) is 2. The van der Waals surface area contributed by atoms with Gasteiger partial charge in [-0.1, -0.05) is 58.5 Å². The van der Waals surface area contributed by atoms with Crippen molar-refractivity contribution in [2.75, 3.05) is 0 Å². The van der Waals surface area contributed by atoms with Gasteiger partial charge in [-0.3, -0.25) is 0 Å². The smallest absolute Gasteiger partial charge is 0.353 e. The van der Waals surface area contributed by atoms with Crippen LogP contribution >= 0.6 is 58.6 Å². The maximum atomic E-state index is 6.35. The highest BCUT2D eigenvalue weighted by Crippen LogP contribution is 2.30. The van der Waals surface area contributed by atoms with Gasteiger partial charge in [0.05, 0.1) is 22.9 Å². The molecule has 0 radical (unpaired) electrons. The van der Waals surface area contributed by atoms with Crippen molar-refractivity contribution in [1.29, 1.82) is 0 Å². The summed E-state index contributed by atoms with van der Waals surface area (Å²) in [5, 5.41) is 1.92. The van der Waals surface area contributed by atoms with Crippen LogP contribution in [0.15, 0.2) is 55.1 Å². The second-order valence-corrected chi connectivity index (χ2v) is 7.81. The van der Waals surface area contributed by atoms with Crippen molar-refractivity contribution >= 4 is 63.9 Å². The second kappa shape index (κ2) is 9.81. The van der Waals surface area contributed by atoms with Crippen LogP contribution in [0.3, 0.4) is 0 Å². The van der Waals surface area contributed by atoms with Crippen LogP contribution in [0.2, 0.25) is 20.1 Å². The summed E-state index contributed by atoms with van der Waals surface area (Å²) in [6.07, 6.45) is 4.69. The Bertz CT molecular complexity index is 967. The number of imidazole rings is 1. The molecule has 3 rings (SSSR count). The van der Waals surface area contributed by atoms with Crippen LogP contribution in [-0.2, 0) is 22.6 Å². The van der Waals surface area contributed by atoms with E-state index in [1.54, 1.807) is 48.9 Å². The minimum Gasteiger partial charge on any atom is -0.452 e. The molecular formula is C19H14Cl4N2O2S. The number of rotatable bonds is 6. The van der Waals surface area contributed by atoms with Gasteiger partial charge in [0, 0.05) is 40.2 Å². The van der Waals surface area contributed by atoms with Gasteiger partial charge in [0.25, 0.3) is 0 Å². The highest BCUT2D eigenvalue weighted by Gasteiger charge is 2.20. The summed E-state index contributed by atoms with van der Waals surface area (Å²) < 4.78 is 13.3. The van der Waals surface area contributed by atoms with E-state index in [1.807, 2.05) is 10.8 Å². The third-order valence-corrected chi connectivity index (χ3v) is 5.34. The molecule has 3 aromatic rings. The first-order chi connectivity index (χ1) is 13.4. The maximum Gasteiger partial charge on any atom is 0.353 e. The minimum atomic E-state index is -0.486. The zero-order valence-corrected chi connectivity index (χ0v) is 18.2. The lowest BCUT2D eigenvalue weighted by Gasteiger charge is -2.21.